The van der Waals surface area contributed by atoms with Gasteiger partial charge in [0, 0.05) is 37.7 Å². The lowest BCUT2D eigenvalue weighted by Gasteiger charge is -2.18. The molecule has 142 valence electrons. The largest absolute Gasteiger partial charge is 0.356 e. The van der Waals surface area contributed by atoms with E-state index in [1.165, 1.54) is 12.8 Å². The molecule has 0 saturated carbocycles. The second-order valence-corrected chi connectivity index (χ2v) is 7.71. The minimum absolute atomic E-state index is 0.0389. The molecule has 0 bridgehead atoms. The van der Waals surface area contributed by atoms with Crippen molar-refractivity contribution in [3.05, 3.63) is 6.20 Å². The molecule has 0 unspecified atom stereocenters. The fourth-order valence-corrected chi connectivity index (χ4v) is 3.85. The number of halogens is 1. The third-order valence-corrected chi connectivity index (χ3v) is 5.51. The normalized spacial score (nSPS) is 14.3. The summed E-state index contributed by atoms with van der Waals surface area (Å²) in [5.74, 6) is 2.28. The molecule has 3 heterocycles. The predicted molar refractivity (Wildman–Crippen MR) is 106 cm³/mol. The number of carbonyl (C=O) groups is 1. The molecule has 3 rings (SSSR count). The monoisotopic (exact) mass is 396 g/mol. The molecule has 1 aliphatic heterocycles. The van der Waals surface area contributed by atoms with Gasteiger partial charge in [0.2, 0.25) is 5.91 Å². The van der Waals surface area contributed by atoms with Gasteiger partial charge in [-0.1, -0.05) is 18.7 Å². The minimum atomic E-state index is -0.0389. The summed E-state index contributed by atoms with van der Waals surface area (Å²) in [7, 11) is 0. The second-order valence-electron chi connectivity index (χ2n) is 6.27. The Hall–Kier alpha value is -1.54. The van der Waals surface area contributed by atoms with Crippen LogP contribution in [-0.4, -0.2) is 56.9 Å². The summed E-state index contributed by atoms with van der Waals surface area (Å²) >= 11 is 7.27. The number of nitrogens with one attached hydrogen (secondary N) is 1. The first-order valence-corrected chi connectivity index (χ1v) is 10.7. The topological polar surface area (TPSA) is 75.9 Å². The lowest BCUT2D eigenvalue weighted by molar-refractivity contribution is -0.120. The number of nitrogens with zero attached hydrogens (tertiary/aromatic N) is 5. The molecular weight excluding hydrogens is 372 g/mol. The van der Waals surface area contributed by atoms with Gasteiger partial charge in [-0.25, -0.2) is 14.6 Å². The van der Waals surface area contributed by atoms with Crippen molar-refractivity contribution in [2.45, 2.75) is 44.3 Å². The molecule has 2 aromatic rings. The molecule has 7 nitrogen and oxygen atoms in total. The highest BCUT2D eigenvalue weighted by Crippen LogP contribution is 2.29. The maximum Gasteiger partial charge on any atom is 0.221 e. The maximum absolute atomic E-state index is 11.6. The summed E-state index contributed by atoms with van der Waals surface area (Å²) in [5.41, 5.74) is 0.840. The Morgan fingerprint density at radius 3 is 2.88 bits per heavy atom. The van der Waals surface area contributed by atoms with Crippen LogP contribution in [0.2, 0.25) is 0 Å². The van der Waals surface area contributed by atoms with Gasteiger partial charge in [-0.2, -0.15) is 5.10 Å². The summed E-state index contributed by atoms with van der Waals surface area (Å²) in [6, 6.07) is 0. The number of fused-ring (bicyclic) bond motifs is 1. The first kappa shape index (κ1) is 19.2. The number of rotatable bonds is 9. The van der Waals surface area contributed by atoms with E-state index in [1.54, 1.807) is 11.8 Å². The number of amides is 1. The Kier molecular flexibility index (Phi) is 6.96. The van der Waals surface area contributed by atoms with Gasteiger partial charge in [0.05, 0.1) is 18.1 Å². The maximum atomic E-state index is 11.6. The van der Waals surface area contributed by atoms with Crippen LogP contribution in [0.4, 0.5) is 5.82 Å². The van der Waals surface area contributed by atoms with Crippen molar-refractivity contribution >= 4 is 46.1 Å². The molecule has 0 spiro atoms. The van der Waals surface area contributed by atoms with E-state index in [1.807, 2.05) is 10.9 Å². The van der Waals surface area contributed by atoms with Gasteiger partial charge >= 0.3 is 0 Å². The molecule has 1 N–H and O–H groups in total. The quantitative estimate of drug-likeness (QED) is 0.399. The second kappa shape index (κ2) is 9.41. The summed E-state index contributed by atoms with van der Waals surface area (Å²) in [4.78, 5) is 23.4. The van der Waals surface area contributed by atoms with Crippen molar-refractivity contribution in [1.82, 2.24) is 25.1 Å². The van der Waals surface area contributed by atoms with Crippen LogP contribution >= 0.6 is 23.4 Å². The van der Waals surface area contributed by atoms with E-state index in [2.05, 4.69) is 22.2 Å². The number of anilines is 1. The molecule has 0 radical (unpaired) electrons. The van der Waals surface area contributed by atoms with E-state index in [-0.39, 0.29) is 5.91 Å². The lowest BCUT2D eigenvalue weighted by atomic mass is 10.3. The van der Waals surface area contributed by atoms with Crippen LogP contribution in [0.25, 0.3) is 11.0 Å². The lowest BCUT2D eigenvalue weighted by Crippen LogP contribution is -2.27. The van der Waals surface area contributed by atoms with Crippen molar-refractivity contribution < 1.29 is 4.79 Å². The van der Waals surface area contributed by atoms with Gasteiger partial charge in [0.25, 0.3) is 0 Å². The number of hydrogen-bond acceptors (Lipinski definition) is 6. The minimum Gasteiger partial charge on any atom is -0.356 e. The van der Waals surface area contributed by atoms with Gasteiger partial charge < -0.3 is 10.2 Å². The molecule has 9 heteroatoms. The molecule has 26 heavy (non-hydrogen) atoms. The molecule has 2 aromatic heterocycles. The fourth-order valence-electron chi connectivity index (χ4n) is 2.99. The zero-order valence-electron chi connectivity index (χ0n) is 15.1. The average Bonchev–Trinajstić information content (AvgIpc) is 3.30. The van der Waals surface area contributed by atoms with Gasteiger partial charge in [0.15, 0.2) is 10.8 Å². The van der Waals surface area contributed by atoms with Crippen molar-refractivity contribution in [2.75, 3.05) is 36.2 Å². The van der Waals surface area contributed by atoms with Crippen LogP contribution in [0.5, 0.6) is 0 Å². The molecule has 1 saturated heterocycles. The number of hydrogen-bond donors (Lipinski definition) is 1. The fraction of sp³-hybridized carbons (Fsp3) is 0.647. The molecule has 0 aliphatic carbocycles. The van der Waals surface area contributed by atoms with Crippen LogP contribution in [0.15, 0.2) is 11.4 Å². The van der Waals surface area contributed by atoms with Gasteiger partial charge in [0.1, 0.15) is 5.82 Å². The van der Waals surface area contributed by atoms with Crippen molar-refractivity contribution in [2.24, 2.45) is 0 Å². The zero-order valence-corrected chi connectivity index (χ0v) is 16.7. The number of alkyl halides is 1. The zero-order chi connectivity index (χ0) is 18.4. The van der Waals surface area contributed by atoms with Crippen molar-refractivity contribution in [3.8, 4) is 0 Å². The summed E-state index contributed by atoms with van der Waals surface area (Å²) in [6.45, 7) is 5.30. The Labute approximate surface area is 162 Å². The van der Waals surface area contributed by atoms with E-state index in [0.717, 1.165) is 47.3 Å². The number of carbonyl (C=O) groups excluding carboxylic acids is 1. The smallest absolute Gasteiger partial charge is 0.221 e. The summed E-state index contributed by atoms with van der Waals surface area (Å²) in [5, 5.41) is 9.14. The van der Waals surface area contributed by atoms with Crippen molar-refractivity contribution in [3.63, 3.8) is 0 Å². The molecule has 0 aromatic carbocycles. The first-order valence-electron chi connectivity index (χ1n) is 9.17. The van der Waals surface area contributed by atoms with E-state index in [0.29, 0.717) is 25.4 Å². The highest BCUT2D eigenvalue weighted by atomic mass is 35.5. The average molecular weight is 397 g/mol. The Balaban J connectivity index is 1.82. The number of thioether (sulfide) groups is 1. The van der Waals surface area contributed by atoms with Crippen LogP contribution in [-0.2, 0) is 11.3 Å². The van der Waals surface area contributed by atoms with Gasteiger partial charge in [-0.05, 0) is 19.3 Å². The van der Waals surface area contributed by atoms with E-state index in [9.17, 15) is 4.79 Å². The summed E-state index contributed by atoms with van der Waals surface area (Å²) in [6.07, 6.45) is 5.66. The van der Waals surface area contributed by atoms with E-state index < -0.39 is 0 Å². The highest BCUT2D eigenvalue weighted by molar-refractivity contribution is 7.99. The molecule has 1 fully saturated rings. The van der Waals surface area contributed by atoms with Gasteiger partial charge in [-0.3, -0.25) is 4.79 Å². The molecule has 0 atom stereocenters. The standard InChI is InChI=1S/C17H25ClN6OS/c1-2-11-26-17-21-15(23-8-3-4-9-23)13-12-20-24(16(13)22-17)10-7-19-14(25)5-6-18/h12H,2-11H2,1H3,(H,19,25). The van der Waals surface area contributed by atoms with Crippen molar-refractivity contribution in [1.29, 1.82) is 0 Å². The Morgan fingerprint density at radius 1 is 1.35 bits per heavy atom. The van der Waals surface area contributed by atoms with E-state index in [4.69, 9.17) is 21.6 Å². The SMILES string of the molecule is CCCSc1nc(N2CCCC2)c2cnn(CCNC(=O)CCCl)c2n1. The molecule has 1 aliphatic rings. The van der Waals surface area contributed by atoms with Crippen LogP contribution in [0.3, 0.4) is 0 Å². The van der Waals surface area contributed by atoms with Crippen LogP contribution in [0.1, 0.15) is 32.6 Å². The van der Waals surface area contributed by atoms with Crippen LogP contribution in [0, 0.1) is 0 Å². The Morgan fingerprint density at radius 2 is 2.15 bits per heavy atom. The van der Waals surface area contributed by atoms with E-state index >= 15 is 0 Å². The number of aromatic nitrogens is 4. The Bertz CT molecular complexity index is 746. The predicted octanol–water partition coefficient (Wildman–Crippen LogP) is 2.67. The molecule has 1 amide bonds. The van der Waals surface area contributed by atoms with Gasteiger partial charge in [-0.15, -0.1) is 11.6 Å². The van der Waals surface area contributed by atoms with Crippen LogP contribution < -0.4 is 10.2 Å². The highest BCUT2D eigenvalue weighted by Gasteiger charge is 2.20. The summed E-state index contributed by atoms with van der Waals surface area (Å²) < 4.78 is 1.85. The third-order valence-electron chi connectivity index (χ3n) is 4.26. The third kappa shape index (κ3) is 4.59. The molecular formula is C17H25ClN6OS. The first-order chi connectivity index (χ1) is 12.7.